The van der Waals surface area contributed by atoms with E-state index >= 15 is 0 Å². The molecule has 20 heavy (non-hydrogen) atoms. The number of para-hydroxylation sites is 3. The summed E-state index contributed by atoms with van der Waals surface area (Å²) in [7, 11) is 3.81. The Hall–Kier alpha value is -2.16. The summed E-state index contributed by atoms with van der Waals surface area (Å²) in [4.78, 5) is 2.23. The first-order valence-electron chi connectivity index (χ1n) is 6.94. The van der Waals surface area contributed by atoms with Gasteiger partial charge in [-0.1, -0.05) is 30.3 Å². The largest absolute Gasteiger partial charge is 0.495 e. The topological polar surface area (TPSA) is 24.5 Å². The van der Waals surface area contributed by atoms with E-state index in [2.05, 4.69) is 35.5 Å². The SMILES string of the molecule is COc1ccccc1N(C)CCCNc1ccccc1. The second-order valence-electron chi connectivity index (χ2n) is 4.74. The highest BCUT2D eigenvalue weighted by Crippen LogP contribution is 2.26. The number of hydrogen-bond acceptors (Lipinski definition) is 3. The first-order valence-corrected chi connectivity index (χ1v) is 6.94. The zero-order valence-corrected chi connectivity index (χ0v) is 12.2. The second-order valence-corrected chi connectivity index (χ2v) is 4.74. The lowest BCUT2D eigenvalue weighted by molar-refractivity contribution is 0.415. The maximum Gasteiger partial charge on any atom is 0.142 e. The van der Waals surface area contributed by atoms with Gasteiger partial charge >= 0.3 is 0 Å². The van der Waals surface area contributed by atoms with Crippen molar-refractivity contribution in [3.05, 3.63) is 54.6 Å². The van der Waals surface area contributed by atoms with Crippen LogP contribution in [0.15, 0.2) is 54.6 Å². The monoisotopic (exact) mass is 270 g/mol. The Bertz CT molecular complexity index is 513. The molecule has 106 valence electrons. The average molecular weight is 270 g/mol. The van der Waals surface area contributed by atoms with Crippen molar-refractivity contribution < 1.29 is 4.74 Å². The van der Waals surface area contributed by atoms with E-state index in [0.29, 0.717) is 0 Å². The molecule has 0 saturated heterocycles. The highest BCUT2D eigenvalue weighted by atomic mass is 16.5. The zero-order chi connectivity index (χ0) is 14.2. The first kappa shape index (κ1) is 14.3. The van der Waals surface area contributed by atoms with Crippen molar-refractivity contribution in [2.75, 3.05) is 37.5 Å². The second kappa shape index (κ2) is 7.43. The van der Waals surface area contributed by atoms with Crippen LogP contribution in [-0.4, -0.2) is 27.2 Å². The van der Waals surface area contributed by atoms with Crippen molar-refractivity contribution in [1.82, 2.24) is 0 Å². The first-order chi connectivity index (χ1) is 9.81. The van der Waals surface area contributed by atoms with E-state index in [-0.39, 0.29) is 0 Å². The Balaban J connectivity index is 1.79. The van der Waals surface area contributed by atoms with Crippen LogP contribution >= 0.6 is 0 Å². The van der Waals surface area contributed by atoms with Crippen molar-refractivity contribution >= 4 is 11.4 Å². The molecule has 0 bridgehead atoms. The number of anilines is 2. The predicted molar refractivity (Wildman–Crippen MR) is 85.8 cm³/mol. The minimum absolute atomic E-state index is 0.922. The summed E-state index contributed by atoms with van der Waals surface area (Å²) in [5.41, 5.74) is 2.31. The normalized spacial score (nSPS) is 10.1. The highest BCUT2D eigenvalue weighted by Gasteiger charge is 2.06. The van der Waals surface area contributed by atoms with E-state index in [1.165, 1.54) is 5.69 Å². The molecule has 0 saturated carbocycles. The van der Waals surface area contributed by atoms with Gasteiger partial charge in [-0.25, -0.2) is 0 Å². The summed E-state index contributed by atoms with van der Waals surface area (Å²) in [6.07, 6.45) is 1.07. The molecule has 2 rings (SSSR count). The molecule has 2 aromatic carbocycles. The van der Waals surface area contributed by atoms with Crippen LogP contribution in [0.25, 0.3) is 0 Å². The summed E-state index contributed by atoms with van der Waals surface area (Å²) < 4.78 is 5.38. The molecule has 2 aromatic rings. The molecule has 3 nitrogen and oxygen atoms in total. The quantitative estimate of drug-likeness (QED) is 0.777. The van der Waals surface area contributed by atoms with Gasteiger partial charge in [-0.2, -0.15) is 0 Å². The van der Waals surface area contributed by atoms with Gasteiger partial charge in [0.25, 0.3) is 0 Å². The van der Waals surface area contributed by atoms with Gasteiger partial charge in [0.2, 0.25) is 0 Å². The Labute approximate surface area is 121 Å². The van der Waals surface area contributed by atoms with Crippen molar-refractivity contribution in [3.8, 4) is 5.75 Å². The summed E-state index contributed by atoms with van der Waals surface area (Å²) in [5, 5.41) is 3.42. The summed E-state index contributed by atoms with van der Waals surface area (Å²) >= 11 is 0. The third-order valence-electron chi connectivity index (χ3n) is 3.27. The molecule has 0 heterocycles. The minimum Gasteiger partial charge on any atom is -0.495 e. The van der Waals surface area contributed by atoms with Crippen LogP contribution in [-0.2, 0) is 0 Å². The molecule has 0 fully saturated rings. The van der Waals surface area contributed by atoms with Crippen LogP contribution in [0.5, 0.6) is 5.75 Å². The van der Waals surface area contributed by atoms with Gasteiger partial charge in [0, 0.05) is 25.8 Å². The fourth-order valence-corrected chi connectivity index (χ4v) is 2.17. The lowest BCUT2D eigenvalue weighted by Gasteiger charge is -2.21. The Morgan fingerprint density at radius 1 is 1.00 bits per heavy atom. The van der Waals surface area contributed by atoms with E-state index in [1.807, 2.05) is 36.4 Å². The number of benzene rings is 2. The molecular weight excluding hydrogens is 248 g/mol. The van der Waals surface area contributed by atoms with Crippen LogP contribution in [0, 0.1) is 0 Å². The Morgan fingerprint density at radius 3 is 2.45 bits per heavy atom. The van der Waals surface area contributed by atoms with Gasteiger partial charge in [0.1, 0.15) is 5.75 Å². The van der Waals surface area contributed by atoms with E-state index in [9.17, 15) is 0 Å². The Kier molecular flexibility index (Phi) is 5.30. The number of hydrogen-bond donors (Lipinski definition) is 1. The highest BCUT2D eigenvalue weighted by molar-refractivity contribution is 5.57. The molecule has 0 aliphatic rings. The fourth-order valence-electron chi connectivity index (χ4n) is 2.17. The molecule has 0 aliphatic carbocycles. The standard InChI is InChI=1S/C17H22N2O/c1-19(16-11-6-7-12-17(16)20-2)14-8-13-18-15-9-4-3-5-10-15/h3-7,9-12,18H,8,13-14H2,1-2H3. The summed E-state index contributed by atoms with van der Waals surface area (Å²) in [6.45, 7) is 1.95. The van der Waals surface area contributed by atoms with Crippen LogP contribution < -0.4 is 15.0 Å². The maximum atomic E-state index is 5.38. The minimum atomic E-state index is 0.922. The van der Waals surface area contributed by atoms with Crippen LogP contribution in [0.4, 0.5) is 11.4 Å². The number of nitrogens with one attached hydrogen (secondary N) is 1. The number of nitrogens with zero attached hydrogens (tertiary/aromatic N) is 1. The number of ether oxygens (including phenoxy) is 1. The molecule has 3 heteroatoms. The molecule has 0 atom stereocenters. The average Bonchev–Trinajstić information content (AvgIpc) is 2.52. The fraction of sp³-hybridized carbons (Fsp3) is 0.294. The summed E-state index contributed by atoms with van der Waals surface area (Å²) in [5.74, 6) is 0.922. The van der Waals surface area contributed by atoms with Crippen LogP contribution in [0.1, 0.15) is 6.42 Å². The third-order valence-corrected chi connectivity index (χ3v) is 3.27. The van der Waals surface area contributed by atoms with Crippen molar-refractivity contribution in [2.45, 2.75) is 6.42 Å². The Morgan fingerprint density at radius 2 is 1.70 bits per heavy atom. The van der Waals surface area contributed by atoms with E-state index in [1.54, 1.807) is 7.11 Å². The lowest BCUT2D eigenvalue weighted by Crippen LogP contribution is -2.21. The van der Waals surface area contributed by atoms with Gasteiger partial charge in [-0.05, 0) is 30.7 Å². The maximum absolute atomic E-state index is 5.38. The van der Waals surface area contributed by atoms with Crippen molar-refractivity contribution in [1.29, 1.82) is 0 Å². The van der Waals surface area contributed by atoms with E-state index in [4.69, 9.17) is 4.74 Å². The molecule has 0 aliphatic heterocycles. The van der Waals surface area contributed by atoms with E-state index in [0.717, 1.165) is 30.9 Å². The molecule has 0 spiro atoms. The van der Waals surface area contributed by atoms with Crippen LogP contribution in [0.2, 0.25) is 0 Å². The number of rotatable bonds is 7. The molecule has 0 amide bonds. The van der Waals surface area contributed by atoms with E-state index < -0.39 is 0 Å². The third kappa shape index (κ3) is 3.92. The van der Waals surface area contributed by atoms with Gasteiger partial charge < -0.3 is 15.0 Å². The molecule has 1 N–H and O–H groups in total. The molecular formula is C17H22N2O. The molecule has 0 radical (unpaired) electrons. The summed E-state index contributed by atoms with van der Waals surface area (Å²) in [6, 6.07) is 18.4. The van der Waals surface area contributed by atoms with Crippen molar-refractivity contribution in [3.63, 3.8) is 0 Å². The van der Waals surface area contributed by atoms with Gasteiger partial charge in [-0.15, -0.1) is 0 Å². The van der Waals surface area contributed by atoms with Gasteiger partial charge in [0.05, 0.1) is 12.8 Å². The lowest BCUT2D eigenvalue weighted by atomic mass is 10.2. The zero-order valence-electron chi connectivity index (χ0n) is 12.2. The van der Waals surface area contributed by atoms with Gasteiger partial charge in [0.15, 0.2) is 0 Å². The van der Waals surface area contributed by atoms with Crippen LogP contribution in [0.3, 0.4) is 0 Å². The predicted octanol–water partition coefficient (Wildman–Crippen LogP) is 3.63. The smallest absolute Gasteiger partial charge is 0.142 e. The van der Waals surface area contributed by atoms with Gasteiger partial charge in [-0.3, -0.25) is 0 Å². The molecule has 0 unspecified atom stereocenters. The number of methoxy groups -OCH3 is 1. The molecule has 0 aromatic heterocycles. The van der Waals surface area contributed by atoms with Crippen molar-refractivity contribution in [2.24, 2.45) is 0 Å².